The van der Waals surface area contributed by atoms with Crippen LogP contribution in [0.3, 0.4) is 0 Å². The lowest BCUT2D eigenvalue weighted by Gasteiger charge is -2.19. The minimum absolute atomic E-state index is 0.169. The zero-order valence-corrected chi connectivity index (χ0v) is 12.4. The second kappa shape index (κ2) is 7.41. The molecule has 0 radical (unpaired) electrons. The van der Waals surface area contributed by atoms with Crippen LogP contribution >= 0.6 is 0 Å². The summed E-state index contributed by atoms with van der Waals surface area (Å²) in [4.78, 5) is 14.7. The molecule has 0 aliphatic carbocycles. The summed E-state index contributed by atoms with van der Waals surface area (Å²) in [5.41, 5.74) is 1.80. The first-order chi connectivity index (χ1) is 9.70. The smallest absolute Gasteiger partial charge is 0.167 e. The van der Waals surface area contributed by atoms with Gasteiger partial charge < -0.3 is 15.0 Å². The van der Waals surface area contributed by atoms with Gasteiger partial charge in [-0.25, -0.2) is 0 Å². The Bertz CT molecular complexity index is 452. The summed E-state index contributed by atoms with van der Waals surface area (Å²) in [5, 5.41) is 3.38. The van der Waals surface area contributed by atoms with Crippen LogP contribution in [0.15, 0.2) is 18.2 Å². The molecule has 1 saturated heterocycles. The zero-order chi connectivity index (χ0) is 14.4. The van der Waals surface area contributed by atoms with Crippen molar-refractivity contribution >= 4 is 5.78 Å². The van der Waals surface area contributed by atoms with Crippen molar-refractivity contribution in [3.8, 4) is 5.75 Å². The van der Waals surface area contributed by atoms with Gasteiger partial charge in [0.1, 0.15) is 5.75 Å². The number of benzene rings is 1. The predicted molar refractivity (Wildman–Crippen MR) is 80.6 cm³/mol. The Morgan fingerprint density at radius 2 is 2.20 bits per heavy atom. The highest BCUT2D eigenvalue weighted by Gasteiger charge is 2.15. The van der Waals surface area contributed by atoms with E-state index in [0.29, 0.717) is 17.7 Å². The molecular formula is C16H24N2O2. The molecule has 0 amide bonds. The molecule has 1 aliphatic rings. The summed E-state index contributed by atoms with van der Waals surface area (Å²) in [5.74, 6) is 0.848. The molecule has 1 aromatic rings. The fraction of sp³-hybridized carbons (Fsp3) is 0.562. The van der Waals surface area contributed by atoms with E-state index in [2.05, 4.69) is 10.2 Å². The van der Waals surface area contributed by atoms with Gasteiger partial charge in [-0.05, 0) is 38.6 Å². The van der Waals surface area contributed by atoms with Gasteiger partial charge in [0.25, 0.3) is 0 Å². The van der Waals surface area contributed by atoms with E-state index in [4.69, 9.17) is 4.74 Å². The number of hydrogen-bond acceptors (Lipinski definition) is 4. The number of hydrogen-bond donors (Lipinski definition) is 1. The maximum Gasteiger partial charge on any atom is 0.167 e. The number of rotatable bonds is 5. The Balaban J connectivity index is 1.95. The molecular weight excluding hydrogens is 252 g/mol. The van der Waals surface area contributed by atoms with E-state index in [1.54, 1.807) is 7.11 Å². The highest BCUT2D eigenvalue weighted by atomic mass is 16.5. The quantitative estimate of drug-likeness (QED) is 0.834. The van der Waals surface area contributed by atoms with Crippen LogP contribution in [0.2, 0.25) is 0 Å². The summed E-state index contributed by atoms with van der Waals surface area (Å²) in [6.45, 7) is 7.02. The molecule has 110 valence electrons. The number of ether oxygens (including phenoxy) is 1. The molecule has 1 fully saturated rings. The van der Waals surface area contributed by atoms with Gasteiger partial charge in [0.05, 0.1) is 12.7 Å². The molecule has 1 heterocycles. The van der Waals surface area contributed by atoms with E-state index in [1.165, 1.54) is 0 Å². The zero-order valence-electron chi connectivity index (χ0n) is 12.4. The summed E-state index contributed by atoms with van der Waals surface area (Å²) < 4.78 is 5.29. The van der Waals surface area contributed by atoms with Crippen LogP contribution in [-0.4, -0.2) is 50.5 Å². The van der Waals surface area contributed by atoms with Crippen LogP contribution < -0.4 is 10.1 Å². The van der Waals surface area contributed by atoms with Crippen LogP contribution in [0.1, 0.15) is 28.8 Å². The van der Waals surface area contributed by atoms with Crippen molar-refractivity contribution < 1.29 is 9.53 Å². The molecule has 4 heteroatoms. The van der Waals surface area contributed by atoms with Gasteiger partial charge in [-0.3, -0.25) is 4.79 Å². The molecule has 0 spiro atoms. The first-order valence-electron chi connectivity index (χ1n) is 7.31. The van der Waals surface area contributed by atoms with Crippen molar-refractivity contribution in [2.75, 3.05) is 39.8 Å². The van der Waals surface area contributed by atoms with Crippen molar-refractivity contribution in [2.45, 2.75) is 19.8 Å². The lowest BCUT2D eigenvalue weighted by Crippen LogP contribution is -2.30. The Kier molecular flexibility index (Phi) is 5.56. The molecule has 1 aliphatic heterocycles. The van der Waals surface area contributed by atoms with Crippen molar-refractivity contribution in [3.63, 3.8) is 0 Å². The minimum atomic E-state index is 0.169. The SMILES string of the molecule is COc1ccc(C)cc1C(=O)CCN1CCCNCC1. The molecule has 0 atom stereocenters. The predicted octanol–water partition coefficient (Wildman–Crippen LogP) is 1.87. The van der Waals surface area contributed by atoms with Gasteiger partial charge in [-0.2, -0.15) is 0 Å². The Morgan fingerprint density at radius 3 is 3.00 bits per heavy atom. The molecule has 1 N–H and O–H groups in total. The largest absolute Gasteiger partial charge is 0.496 e. The van der Waals surface area contributed by atoms with Crippen LogP contribution in [0.4, 0.5) is 0 Å². The molecule has 0 bridgehead atoms. The van der Waals surface area contributed by atoms with E-state index < -0.39 is 0 Å². The molecule has 4 nitrogen and oxygen atoms in total. The van der Waals surface area contributed by atoms with E-state index in [-0.39, 0.29) is 5.78 Å². The first-order valence-corrected chi connectivity index (χ1v) is 7.31. The average Bonchev–Trinajstić information content (AvgIpc) is 2.73. The number of methoxy groups -OCH3 is 1. The van der Waals surface area contributed by atoms with E-state index in [9.17, 15) is 4.79 Å². The summed E-state index contributed by atoms with van der Waals surface area (Å²) in [6.07, 6.45) is 1.71. The first kappa shape index (κ1) is 15.0. The number of carbonyl (C=O) groups excluding carboxylic acids is 1. The molecule has 0 aromatic heterocycles. The van der Waals surface area contributed by atoms with E-state index in [0.717, 1.165) is 44.7 Å². The van der Waals surface area contributed by atoms with Gasteiger partial charge in [0.2, 0.25) is 0 Å². The van der Waals surface area contributed by atoms with Gasteiger partial charge >= 0.3 is 0 Å². The molecule has 0 saturated carbocycles. The van der Waals surface area contributed by atoms with Crippen LogP contribution in [0, 0.1) is 6.92 Å². The number of ketones is 1. The van der Waals surface area contributed by atoms with Gasteiger partial charge in [-0.15, -0.1) is 0 Å². The van der Waals surface area contributed by atoms with Crippen LogP contribution in [0.5, 0.6) is 5.75 Å². The van der Waals surface area contributed by atoms with E-state index >= 15 is 0 Å². The van der Waals surface area contributed by atoms with Crippen molar-refractivity contribution in [3.05, 3.63) is 29.3 Å². The van der Waals surface area contributed by atoms with Gasteiger partial charge in [0.15, 0.2) is 5.78 Å². The highest BCUT2D eigenvalue weighted by molar-refractivity contribution is 5.99. The maximum absolute atomic E-state index is 12.4. The van der Waals surface area contributed by atoms with Crippen molar-refractivity contribution in [1.82, 2.24) is 10.2 Å². The summed E-state index contributed by atoms with van der Waals surface area (Å²) in [6, 6.07) is 5.76. The monoisotopic (exact) mass is 276 g/mol. The van der Waals surface area contributed by atoms with Gasteiger partial charge in [-0.1, -0.05) is 11.6 Å². The van der Waals surface area contributed by atoms with Crippen LogP contribution in [-0.2, 0) is 0 Å². The second-order valence-electron chi connectivity index (χ2n) is 5.32. The number of aryl methyl sites for hydroxylation is 1. The topological polar surface area (TPSA) is 41.6 Å². The van der Waals surface area contributed by atoms with Crippen LogP contribution in [0.25, 0.3) is 0 Å². The second-order valence-corrected chi connectivity index (χ2v) is 5.32. The molecule has 0 unspecified atom stereocenters. The fourth-order valence-electron chi connectivity index (χ4n) is 2.56. The molecule has 1 aromatic carbocycles. The number of nitrogens with one attached hydrogen (secondary N) is 1. The number of carbonyl (C=O) groups is 1. The third-order valence-corrected chi connectivity index (χ3v) is 3.74. The third-order valence-electron chi connectivity index (χ3n) is 3.74. The summed E-state index contributed by atoms with van der Waals surface area (Å²) >= 11 is 0. The van der Waals surface area contributed by atoms with Gasteiger partial charge in [0, 0.05) is 26.1 Å². The maximum atomic E-state index is 12.4. The summed E-state index contributed by atoms with van der Waals surface area (Å²) in [7, 11) is 1.61. The lowest BCUT2D eigenvalue weighted by atomic mass is 10.0. The average molecular weight is 276 g/mol. The van der Waals surface area contributed by atoms with Crippen molar-refractivity contribution in [1.29, 1.82) is 0 Å². The standard InChI is InChI=1S/C16H24N2O2/c1-13-4-5-16(20-2)14(12-13)15(19)6-10-18-9-3-7-17-8-11-18/h4-5,12,17H,3,6-11H2,1-2H3. The third kappa shape index (κ3) is 4.05. The number of nitrogens with zero attached hydrogens (tertiary/aromatic N) is 1. The Hall–Kier alpha value is -1.39. The highest BCUT2D eigenvalue weighted by Crippen LogP contribution is 2.21. The number of Topliss-reactive ketones (excluding diaryl/α,β-unsaturated/α-hetero) is 1. The molecule has 20 heavy (non-hydrogen) atoms. The van der Waals surface area contributed by atoms with E-state index in [1.807, 2.05) is 25.1 Å². The Labute approximate surface area is 121 Å². The molecule has 2 rings (SSSR count). The Morgan fingerprint density at radius 1 is 1.35 bits per heavy atom. The normalized spacial score (nSPS) is 16.7. The lowest BCUT2D eigenvalue weighted by molar-refractivity contribution is 0.0962. The fourth-order valence-corrected chi connectivity index (χ4v) is 2.56. The van der Waals surface area contributed by atoms with Crippen molar-refractivity contribution in [2.24, 2.45) is 0 Å². The minimum Gasteiger partial charge on any atom is -0.496 e.